The summed E-state index contributed by atoms with van der Waals surface area (Å²) in [5.74, 6) is 0.691. The summed E-state index contributed by atoms with van der Waals surface area (Å²) in [7, 11) is 0. The summed E-state index contributed by atoms with van der Waals surface area (Å²) in [5, 5.41) is 13.2. The van der Waals surface area contributed by atoms with Gasteiger partial charge in [0.2, 0.25) is 5.91 Å². The first-order chi connectivity index (χ1) is 11.0. The number of aliphatic hydroxyl groups is 1. The van der Waals surface area contributed by atoms with Gasteiger partial charge in [-0.1, -0.05) is 11.6 Å². The van der Waals surface area contributed by atoms with Gasteiger partial charge in [0.05, 0.1) is 17.1 Å². The predicted molar refractivity (Wildman–Crippen MR) is 89.1 cm³/mol. The number of carbonyl (C=O) groups excluding carboxylic acids is 1. The Hall–Kier alpha value is -1.63. The third-order valence-electron chi connectivity index (χ3n) is 4.33. The third kappa shape index (κ3) is 3.83. The fraction of sp³-hybridized carbons (Fsp3) is 0.500. The number of hydrogen-bond acceptors (Lipinski definition) is 4. The van der Waals surface area contributed by atoms with Gasteiger partial charge in [-0.2, -0.15) is 0 Å². The van der Waals surface area contributed by atoms with Gasteiger partial charge < -0.3 is 21.1 Å². The molecule has 124 valence electrons. The molecule has 0 spiro atoms. The molecule has 0 radical (unpaired) electrons. The van der Waals surface area contributed by atoms with Crippen LogP contribution in [0.3, 0.4) is 0 Å². The summed E-state index contributed by atoms with van der Waals surface area (Å²) in [5.41, 5.74) is 7.55. The molecule has 7 heteroatoms. The zero-order valence-corrected chi connectivity index (χ0v) is 13.5. The SMILES string of the molecule is N[C@@H]1C[C@H](C(=O)NCCCc2nc3ccc(Cl)cc3[nH]2)C[C@H]1O. The molecule has 1 aromatic carbocycles. The van der Waals surface area contributed by atoms with Gasteiger partial charge in [0.15, 0.2) is 0 Å². The van der Waals surface area contributed by atoms with Crippen LogP contribution in [0.2, 0.25) is 5.02 Å². The Morgan fingerprint density at radius 2 is 2.30 bits per heavy atom. The number of H-pyrrole nitrogens is 1. The van der Waals surface area contributed by atoms with E-state index in [-0.39, 0.29) is 17.9 Å². The van der Waals surface area contributed by atoms with Gasteiger partial charge in [0, 0.05) is 29.9 Å². The van der Waals surface area contributed by atoms with E-state index in [0.29, 0.717) is 24.4 Å². The maximum atomic E-state index is 12.0. The number of rotatable bonds is 5. The van der Waals surface area contributed by atoms with Crippen LogP contribution in [-0.2, 0) is 11.2 Å². The van der Waals surface area contributed by atoms with E-state index in [1.807, 2.05) is 18.2 Å². The number of fused-ring (bicyclic) bond motifs is 1. The highest BCUT2D eigenvalue weighted by atomic mass is 35.5. The molecule has 1 aliphatic rings. The number of nitrogens with two attached hydrogens (primary N) is 1. The van der Waals surface area contributed by atoms with Gasteiger partial charge in [-0.05, 0) is 37.5 Å². The first kappa shape index (κ1) is 16.2. The maximum absolute atomic E-state index is 12.0. The Kier molecular flexibility index (Phi) is 4.84. The average Bonchev–Trinajstić information content (AvgIpc) is 3.06. The lowest BCUT2D eigenvalue weighted by Gasteiger charge is -2.09. The van der Waals surface area contributed by atoms with E-state index in [2.05, 4.69) is 15.3 Å². The van der Waals surface area contributed by atoms with Crippen LogP contribution in [0.15, 0.2) is 18.2 Å². The number of benzene rings is 1. The first-order valence-corrected chi connectivity index (χ1v) is 8.26. The molecule has 3 atom stereocenters. The molecule has 1 saturated carbocycles. The summed E-state index contributed by atoms with van der Waals surface area (Å²) in [6.07, 6.45) is 1.99. The Bertz CT molecular complexity index is 692. The molecule has 1 heterocycles. The highest BCUT2D eigenvalue weighted by Crippen LogP contribution is 2.24. The minimum atomic E-state index is -0.562. The van der Waals surface area contributed by atoms with E-state index in [4.69, 9.17) is 17.3 Å². The van der Waals surface area contributed by atoms with Crippen LogP contribution >= 0.6 is 11.6 Å². The van der Waals surface area contributed by atoms with Gasteiger partial charge in [0.1, 0.15) is 5.82 Å². The molecule has 6 nitrogen and oxygen atoms in total. The smallest absolute Gasteiger partial charge is 0.223 e. The maximum Gasteiger partial charge on any atom is 0.223 e. The summed E-state index contributed by atoms with van der Waals surface area (Å²) >= 11 is 5.95. The van der Waals surface area contributed by atoms with Crippen molar-refractivity contribution in [2.75, 3.05) is 6.54 Å². The first-order valence-electron chi connectivity index (χ1n) is 7.88. The van der Waals surface area contributed by atoms with Gasteiger partial charge in [0.25, 0.3) is 0 Å². The fourth-order valence-corrected chi connectivity index (χ4v) is 3.20. The predicted octanol–water partition coefficient (Wildman–Crippen LogP) is 1.36. The lowest BCUT2D eigenvalue weighted by molar-refractivity contribution is -0.125. The van der Waals surface area contributed by atoms with Gasteiger partial charge in [-0.15, -0.1) is 0 Å². The number of aromatic amines is 1. The van der Waals surface area contributed by atoms with Gasteiger partial charge in [-0.3, -0.25) is 4.79 Å². The van der Waals surface area contributed by atoms with E-state index in [1.54, 1.807) is 0 Å². The normalized spacial score (nSPS) is 24.2. The zero-order chi connectivity index (χ0) is 16.4. The van der Waals surface area contributed by atoms with Crippen molar-refractivity contribution in [2.24, 2.45) is 11.7 Å². The second-order valence-electron chi connectivity index (χ2n) is 6.14. The number of aryl methyl sites for hydroxylation is 1. The minimum Gasteiger partial charge on any atom is -0.391 e. The highest BCUT2D eigenvalue weighted by Gasteiger charge is 2.34. The van der Waals surface area contributed by atoms with E-state index < -0.39 is 6.10 Å². The Balaban J connectivity index is 1.45. The van der Waals surface area contributed by atoms with Crippen molar-refractivity contribution in [2.45, 2.75) is 37.8 Å². The molecule has 5 N–H and O–H groups in total. The lowest BCUT2D eigenvalue weighted by Crippen LogP contribution is -2.31. The quantitative estimate of drug-likeness (QED) is 0.619. The molecule has 3 rings (SSSR count). The molecule has 0 aliphatic heterocycles. The number of nitrogens with one attached hydrogen (secondary N) is 2. The van der Waals surface area contributed by atoms with Crippen LogP contribution in [0, 0.1) is 5.92 Å². The molecule has 0 unspecified atom stereocenters. The molecule has 1 aromatic heterocycles. The number of aliphatic hydroxyl groups excluding tert-OH is 1. The van der Waals surface area contributed by atoms with E-state index in [1.165, 1.54) is 0 Å². The molecule has 2 aromatic rings. The van der Waals surface area contributed by atoms with Crippen molar-refractivity contribution in [3.63, 3.8) is 0 Å². The van der Waals surface area contributed by atoms with Crippen LogP contribution in [-0.4, -0.2) is 39.7 Å². The minimum absolute atomic E-state index is 0.0200. The number of nitrogens with zero attached hydrogens (tertiary/aromatic N) is 1. The van der Waals surface area contributed by atoms with Crippen LogP contribution < -0.4 is 11.1 Å². The molecule has 1 amide bonds. The number of hydrogen-bond donors (Lipinski definition) is 4. The van der Waals surface area contributed by atoms with Crippen molar-refractivity contribution in [3.05, 3.63) is 29.0 Å². The summed E-state index contributed by atoms with van der Waals surface area (Å²) < 4.78 is 0. The molecule has 0 bridgehead atoms. The van der Waals surface area contributed by atoms with Crippen molar-refractivity contribution < 1.29 is 9.90 Å². The largest absolute Gasteiger partial charge is 0.391 e. The highest BCUT2D eigenvalue weighted by molar-refractivity contribution is 6.31. The Morgan fingerprint density at radius 1 is 1.48 bits per heavy atom. The van der Waals surface area contributed by atoms with E-state index in [9.17, 15) is 9.90 Å². The molecular formula is C16H21ClN4O2. The standard InChI is InChI=1S/C16H21ClN4O2/c17-10-3-4-12-13(8-10)21-15(20-12)2-1-5-19-16(23)9-6-11(18)14(22)7-9/h3-4,8-9,11,14,22H,1-2,5-7,18H2,(H,19,23)(H,20,21)/t9-,11+,14+/m0/s1. The van der Waals surface area contributed by atoms with Crippen LogP contribution in [0.1, 0.15) is 25.1 Å². The van der Waals surface area contributed by atoms with Gasteiger partial charge in [-0.25, -0.2) is 4.98 Å². The number of aromatic nitrogens is 2. The second-order valence-corrected chi connectivity index (χ2v) is 6.58. The molecule has 23 heavy (non-hydrogen) atoms. The second kappa shape index (κ2) is 6.86. The zero-order valence-electron chi connectivity index (χ0n) is 12.8. The fourth-order valence-electron chi connectivity index (χ4n) is 3.03. The number of imidazole rings is 1. The van der Waals surface area contributed by atoms with Crippen LogP contribution in [0.5, 0.6) is 0 Å². The topological polar surface area (TPSA) is 104 Å². The van der Waals surface area contributed by atoms with E-state index in [0.717, 1.165) is 29.7 Å². The van der Waals surface area contributed by atoms with Crippen molar-refractivity contribution in [1.82, 2.24) is 15.3 Å². The Labute approximate surface area is 139 Å². The Morgan fingerprint density at radius 3 is 3.04 bits per heavy atom. The van der Waals surface area contributed by atoms with E-state index >= 15 is 0 Å². The molecule has 0 saturated heterocycles. The monoisotopic (exact) mass is 336 g/mol. The molecular weight excluding hydrogens is 316 g/mol. The van der Waals surface area contributed by atoms with Crippen molar-refractivity contribution in [3.8, 4) is 0 Å². The van der Waals surface area contributed by atoms with Crippen molar-refractivity contribution in [1.29, 1.82) is 0 Å². The van der Waals surface area contributed by atoms with Crippen LogP contribution in [0.25, 0.3) is 11.0 Å². The average molecular weight is 337 g/mol. The summed E-state index contributed by atoms with van der Waals surface area (Å²) in [4.78, 5) is 19.7. The summed E-state index contributed by atoms with van der Waals surface area (Å²) in [6, 6.07) is 5.26. The number of halogens is 1. The lowest BCUT2D eigenvalue weighted by atomic mass is 10.1. The number of carbonyl (C=O) groups is 1. The molecule has 1 fully saturated rings. The van der Waals surface area contributed by atoms with Crippen molar-refractivity contribution >= 4 is 28.5 Å². The molecule has 1 aliphatic carbocycles. The summed E-state index contributed by atoms with van der Waals surface area (Å²) in [6.45, 7) is 0.582. The number of amides is 1. The third-order valence-corrected chi connectivity index (χ3v) is 4.57. The van der Waals surface area contributed by atoms with Gasteiger partial charge >= 0.3 is 0 Å². The van der Waals surface area contributed by atoms with Crippen LogP contribution in [0.4, 0.5) is 0 Å².